The first-order chi connectivity index (χ1) is 15.5. The summed E-state index contributed by atoms with van der Waals surface area (Å²) in [7, 11) is 0. The van der Waals surface area contributed by atoms with Gasteiger partial charge in [0.15, 0.2) is 5.16 Å². The number of benzene rings is 2. The van der Waals surface area contributed by atoms with Gasteiger partial charge in [-0.1, -0.05) is 60.3 Å². The molecule has 0 aliphatic rings. The van der Waals surface area contributed by atoms with Crippen LogP contribution in [0.4, 0.5) is 0 Å². The number of carbonyl (C=O) groups excluding carboxylic acids is 1. The molecule has 0 radical (unpaired) electrons. The van der Waals surface area contributed by atoms with Gasteiger partial charge in [0.2, 0.25) is 5.91 Å². The predicted octanol–water partition coefficient (Wildman–Crippen LogP) is 4.99. The van der Waals surface area contributed by atoms with E-state index in [0.717, 1.165) is 24.1 Å². The van der Waals surface area contributed by atoms with Gasteiger partial charge in [-0.25, -0.2) is 4.98 Å². The highest BCUT2D eigenvalue weighted by Gasteiger charge is 2.17. The Bertz CT molecular complexity index is 1280. The fourth-order valence-electron chi connectivity index (χ4n) is 3.56. The van der Waals surface area contributed by atoms with E-state index < -0.39 is 0 Å². The maximum atomic E-state index is 13.2. The van der Waals surface area contributed by atoms with E-state index in [1.807, 2.05) is 67.8 Å². The second-order valence-electron chi connectivity index (χ2n) is 7.74. The van der Waals surface area contributed by atoms with Crippen LogP contribution >= 0.6 is 23.1 Å². The molecule has 0 aliphatic carbocycles. The second kappa shape index (κ2) is 10.1. The fourth-order valence-corrected chi connectivity index (χ4v) is 5.14. The molecule has 1 atom stereocenters. The summed E-state index contributed by atoms with van der Waals surface area (Å²) in [6.07, 6.45) is 1.78. The molecule has 2 aromatic carbocycles. The van der Waals surface area contributed by atoms with E-state index in [2.05, 4.69) is 17.4 Å². The minimum absolute atomic E-state index is 0.0634. The van der Waals surface area contributed by atoms with Crippen molar-refractivity contribution < 1.29 is 4.79 Å². The molecule has 0 saturated carbocycles. The first-order valence-electron chi connectivity index (χ1n) is 10.6. The van der Waals surface area contributed by atoms with Gasteiger partial charge in [0.1, 0.15) is 4.70 Å². The number of rotatable bonds is 8. The van der Waals surface area contributed by atoms with Gasteiger partial charge in [-0.2, -0.15) is 0 Å². The molecule has 0 saturated heterocycles. The Hall–Kier alpha value is -2.90. The molecule has 7 heteroatoms. The predicted molar refractivity (Wildman–Crippen MR) is 133 cm³/mol. The van der Waals surface area contributed by atoms with E-state index in [9.17, 15) is 9.59 Å². The van der Waals surface area contributed by atoms with Gasteiger partial charge in [0, 0.05) is 6.04 Å². The van der Waals surface area contributed by atoms with E-state index in [4.69, 9.17) is 4.98 Å². The zero-order valence-electron chi connectivity index (χ0n) is 18.1. The average molecular weight is 464 g/mol. The van der Waals surface area contributed by atoms with Crippen LogP contribution in [-0.2, 0) is 11.2 Å². The van der Waals surface area contributed by atoms with Crippen LogP contribution in [0.1, 0.15) is 24.5 Å². The monoisotopic (exact) mass is 463 g/mol. The van der Waals surface area contributed by atoms with Gasteiger partial charge in [-0.05, 0) is 55.3 Å². The number of thioether (sulfide) groups is 1. The van der Waals surface area contributed by atoms with Crippen molar-refractivity contribution in [2.45, 2.75) is 37.9 Å². The highest BCUT2D eigenvalue weighted by molar-refractivity contribution is 7.99. The number of amides is 1. The van der Waals surface area contributed by atoms with Crippen molar-refractivity contribution >= 4 is 39.2 Å². The van der Waals surface area contributed by atoms with Crippen molar-refractivity contribution in [2.24, 2.45) is 0 Å². The number of hydrogen-bond acceptors (Lipinski definition) is 5. The highest BCUT2D eigenvalue weighted by atomic mass is 32.2. The lowest BCUT2D eigenvalue weighted by atomic mass is 10.1. The summed E-state index contributed by atoms with van der Waals surface area (Å²) < 4.78 is 2.25. The Morgan fingerprint density at radius 2 is 1.88 bits per heavy atom. The SMILES string of the molecule is Cc1ccccc1-n1c(SCC(=O)NC(C)CCc2ccccc2)nc2ccsc2c1=O. The van der Waals surface area contributed by atoms with Crippen molar-refractivity contribution in [1.29, 1.82) is 0 Å². The number of fused-ring (bicyclic) bond motifs is 1. The van der Waals surface area contributed by atoms with Gasteiger partial charge in [-0.3, -0.25) is 14.2 Å². The molecular weight excluding hydrogens is 438 g/mol. The Kier molecular flexibility index (Phi) is 7.07. The van der Waals surface area contributed by atoms with Gasteiger partial charge < -0.3 is 5.32 Å². The van der Waals surface area contributed by atoms with Gasteiger partial charge >= 0.3 is 0 Å². The summed E-state index contributed by atoms with van der Waals surface area (Å²) in [5, 5.41) is 5.47. The van der Waals surface area contributed by atoms with Gasteiger partial charge in [0.25, 0.3) is 5.56 Å². The average Bonchev–Trinajstić information content (AvgIpc) is 3.27. The number of carbonyl (C=O) groups is 1. The summed E-state index contributed by atoms with van der Waals surface area (Å²) >= 11 is 2.68. The molecule has 0 spiro atoms. The molecule has 5 nitrogen and oxygen atoms in total. The number of aryl methyl sites for hydroxylation is 2. The lowest BCUT2D eigenvalue weighted by molar-refractivity contribution is -0.119. The lowest BCUT2D eigenvalue weighted by Gasteiger charge is -2.16. The molecule has 4 aromatic rings. The molecule has 0 bridgehead atoms. The number of nitrogens with zero attached hydrogens (tertiary/aromatic N) is 2. The van der Waals surface area contributed by atoms with Crippen LogP contribution < -0.4 is 10.9 Å². The molecule has 0 aliphatic heterocycles. The molecule has 32 heavy (non-hydrogen) atoms. The third kappa shape index (κ3) is 5.11. The molecule has 1 unspecified atom stereocenters. The molecular formula is C25H25N3O2S2. The van der Waals surface area contributed by atoms with E-state index in [0.29, 0.717) is 15.4 Å². The maximum absolute atomic E-state index is 13.2. The Labute approximate surface area is 195 Å². The third-order valence-electron chi connectivity index (χ3n) is 5.25. The van der Waals surface area contributed by atoms with E-state index >= 15 is 0 Å². The van der Waals surface area contributed by atoms with Crippen molar-refractivity contribution in [3.8, 4) is 5.69 Å². The van der Waals surface area contributed by atoms with Crippen LogP contribution in [0.3, 0.4) is 0 Å². The van der Waals surface area contributed by atoms with Crippen LogP contribution in [0.2, 0.25) is 0 Å². The number of nitrogens with one attached hydrogen (secondary N) is 1. The van der Waals surface area contributed by atoms with E-state index in [-0.39, 0.29) is 23.3 Å². The van der Waals surface area contributed by atoms with Crippen LogP contribution in [0.5, 0.6) is 0 Å². The summed E-state index contributed by atoms with van der Waals surface area (Å²) in [5.41, 5.74) is 3.61. The van der Waals surface area contributed by atoms with Crippen LogP contribution in [-0.4, -0.2) is 27.3 Å². The Balaban J connectivity index is 1.48. The molecule has 1 amide bonds. The topological polar surface area (TPSA) is 64.0 Å². The van der Waals surface area contributed by atoms with Gasteiger partial charge in [-0.15, -0.1) is 11.3 Å². The number of aromatic nitrogens is 2. The van der Waals surface area contributed by atoms with E-state index in [1.165, 1.54) is 28.7 Å². The molecule has 2 heterocycles. The second-order valence-corrected chi connectivity index (χ2v) is 9.60. The molecule has 2 aromatic heterocycles. The summed E-state index contributed by atoms with van der Waals surface area (Å²) in [6, 6.07) is 19.9. The number of thiophene rings is 1. The highest BCUT2D eigenvalue weighted by Crippen LogP contribution is 2.25. The summed E-state index contributed by atoms with van der Waals surface area (Å²) in [4.78, 5) is 30.5. The minimum Gasteiger partial charge on any atom is -0.353 e. The number of hydrogen-bond donors (Lipinski definition) is 1. The normalized spacial score (nSPS) is 12.1. The van der Waals surface area contributed by atoms with Crippen LogP contribution in [0, 0.1) is 6.92 Å². The van der Waals surface area contributed by atoms with Crippen LogP contribution in [0.15, 0.2) is 76.0 Å². The minimum atomic E-state index is -0.0987. The largest absolute Gasteiger partial charge is 0.353 e. The van der Waals surface area contributed by atoms with Crippen molar-refractivity contribution in [3.05, 3.63) is 87.5 Å². The smallest absolute Gasteiger partial charge is 0.276 e. The van der Waals surface area contributed by atoms with Crippen LogP contribution in [0.25, 0.3) is 15.9 Å². The summed E-state index contributed by atoms with van der Waals surface area (Å²) in [6.45, 7) is 3.99. The molecule has 1 N–H and O–H groups in total. The van der Waals surface area contributed by atoms with Crippen molar-refractivity contribution in [2.75, 3.05) is 5.75 Å². The zero-order valence-corrected chi connectivity index (χ0v) is 19.7. The number of para-hydroxylation sites is 1. The first kappa shape index (κ1) is 22.3. The van der Waals surface area contributed by atoms with Crippen molar-refractivity contribution in [1.82, 2.24) is 14.9 Å². The third-order valence-corrected chi connectivity index (χ3v) is 7.08. The molecule has 4 rings (SSSR count). The van der Waals surface area contributed by atoms with E-state index in [1.54, 1.807) is 4.57 Å². The Morgan fingerprint density at radius 1 is 1.12 bits per heavy atom. The molecule has 164 valence electrons. The zero-order chi connectivity index (χ0) is 22.5. The Morgan fingerprint density at radius 3 is 2.66 bits per heavy atom. The first-order valence-corrected chi connectivity index (χ1v) is 12.4. The fraction of sp³-hybridized carbons (Fsp3) is 0.240. The maximum Gasteiger partial charge on any atom is 0.276 e. The molecule has 0 fully saturated rings. The van der Waals surface area contributed by atoms with Gasteiger partial charge in [0.05, 0.1) is 17.0 Å². The lowest BCUT2D eigenvalue weighted by Crippen LogP contribution is -2.34. The standard InChI is InChI=1S/C25H25N3O2S2/c1-17-8-6-7-11-21(17)28-24(30)23-20(14-15-31-23)27-25(28)32-16-22(29)26-18(2)12-13-19-9-4-3-5-10-19/h3-11,14-15,18H,12-13,16H2,1-2H3,(H,26,29). The summed E-state index contributed by atoms with van der Waals surface area (Å²) in [5.74, 6) is 0.135. The quantitative estimate of drug-likeness (QED) is 0.296. The van der Waals surface area contributed by atoms with Crippen molar-refractivity contribution in [3.63, 3.8) is 0 Å².